The summed E-state index contributed by atoms with van der Waals surface area (Å²) in [6, 6.07) is 8.93. The summed E-state index contributed by atoms with van der Waals surface area (Å²) in [7, 11) is 1.46. The van der Waals surface area contributed by atoms with Gasteiger partial charge in [-0.3, -0.25) is 0 Å². The minimum absolute atomic E-state index is 0.209. The molecule has 0 atom stereocenters. The van der Waals surface area contributed by atoms with Crippen molar-refractivity contribution in [1.82, 2.24) is 19.9 Å². The topological polar surface area (TPSA) is 54.7 Å². The van der Waals surface area contributed by atoms with Crippen molar-refractivity contribution in [3.05, 3.63) is 42.3 Å². The van der Waals surface area contributed by atoms with Crippen molar-refractivity contribution in [1.29, 1.82) is 0 Å². The number of fused-ring (bicyclic) bond motifs is 1. The van der Waals surface area contributed by atoms with Gasteiger partial charge in [0, 0.05) is 31.7 Å². The Morgan fingerprint density at radius 1 is 1.17 bits per heavy atom. The fourth-order valence-corrected chi connectivity index (χ4v) is 2.98. The molecule has 24 heavy (non-hydrogen) atoms. The van der Waals surface area contributed by atoms with Crippen molar-refractivity contribution < 1.29 is 9.13 Å². The van der Waals surface area contributed by atoms with E-state index in [0.29, 0.717) is 16.9 Å². The van der Waals surface area contributed by atoms with Crippen LogP contribution in [0.1, 0.15) is 0 Å². The van der Waals surface area contributed by atoms with Gasteiger partial charge >= 0.3 is 0 Å². The van der Waals surface area contributed by atoms with E-state index in [2.05, 4.69) is 20.3 Å². The van der Waals surface area contributed by atoms with Crippen molar-refractivity contribution in [2.45, 2.75) is 0 Å². The first-order valence-electron chi connectivity index (χ1n) is 7.91. The van der Waals surface area contributed by atoms with Crippen LogP contribution in [-0.2, 0) is 0 Å². The van der Waals surface area contributed by atoms with Gasteiger partial charge in [-0.1, -0.05) is 6.07 Å². The molecule has 0 saturated carbocycles. The average molecular weight is 327 g/mol. The SMILES string of the molecule is COc1cccc(-c2cnc3ccc(N4CCNCC4)nn23)c1F. The summed E-state index contributed by atoms with van der Waals surface area (Å²) in [4.78, 5) is 6.55. The number of ether oxygens (including phenoxy) is 1. The van der Waals surface area contributed by atoms with Crippen molar-refractivity contribution >= 4 is 11.5 Å². The van der Waals surface area contributed by atoms with Gasteiger partial charge in [0.25, 0.3) is 0 Å². The number of aromatic nitrogens is 3. The molecule has 124 valence electrons. The lowest BCUT2D eigenvalue weighted by Gasteiger charge is -2.28. The van der Waals surface area contributed by atoms with Gasteiger partial charge in [-0.25, -0.2) is 13.9 Å². The predicted octanol–water partition coefficient (Wildman–Crippen LogP) is 1.95. The van der Waals surface area contributed by atoms with Crippen LogP contribution in [-0.4, -0.2) is 47.9 Å². The normalized spacial score (nSPS) is 15.0. The number of nitrogens with zero attached hydrogens (tertiary/aromatic N) is 4. The molecule has 0 aliphatic carbocycles. The van der Waals surface area contributed by atoms with Crippen LogP contribution in [0.4, 0.5) is 10.2 Å². The van der Waals surface area contributed by atoms with Crippen molar-refractivity contribution in [2.75, 3.05) is 38.2 Å². The average Bonchev–Trinajstić information content (AvgIpc) is 3.05. The molecule has 4 rings (SSSR count). The molecule has 1 fully saturated rings. The molecule has 0 spiro atoms. The van der Waals surface area contributed by atoms with Crippen LogP contribution in [0.5, 0.6) is 5.75 Å². The van der Waals surface area contributed by atoms with E-state index in [4.69, 9.17) is 4.74 Å². The second kappa shape index (κ2) is 6.09. The van der Waals surface area contributed by atoms with E-state index in [1.165, 1.54) is 7.11 Å². The van der Waals surface area contributed by atoms with Gasteiger partial charge in [0.2, 0.25) is 0 Å². The number of hydrogen-bond donors (Lipinski definition) is 1. The molecule has 2 aromatic heterocycles. The fourth-order valence-electron chi connectivity index (χ4n) is 2.98. The Kier molecular flexibility index (Phi) is 3.78. The predicted molar refractivity (Wildman–Crippen MR) is 90.0 cm³/mol. The number of imidazole rings is 1. The second-order valence-corrected chi connectivity index (χ2v) is 5.66. The minimum Gasteiger partial charge on any atom is -0.494 e. The van der Waals surface area contributed by atoms with Gasteiger partial charge in [-0.2, -0.15) is 0 Å². The van der Waals surface area contributed by atoms with Gasteiger partial charge in [0.15, 0.2) is 17.2 Å². The summed E-state index contributed by atoms with van der Waals surface area (Å²) in [5, 5.41) is 8.00. The third-order valence-corrected chi connectivity index (χ3v) is 4.25. The Balaban J connectivity index is 1.81. The minimum atomic E-state index is -0.406. The first-order valence-corrected chi connectivity index (χ1v) is 7.91. The van der Waals surface area contributed by atoms with Gasteiger partial charge < -0.3 is 15.0 Å². The molecule has 1 aromatic carbocycles. The van der Waals surface area contributed by atoms with E-state index >= 15 is 0 Å². The highest BCUT2D eigenvalue weighted by Crippen LogP contribution is 2.29. The maximum absolute atomic E-state index is 14.6. The number of halogens is 1. The van der Waals surface area contributed by atoms with E-state index in [1.54, 1.807) is 28.9 Å². The molecule has 1 saturated heterocycles. The summed E-state index contributed by atoms with van der Waals surface area (Å²) in [6.45, 7) is 3.66. The van der Waals surface area contributed by atoms with E-state index in [9.17, 15) is 4.39 Å². The molecule has 0 amide bonds. The summed E-state index contributed by atoms with van der Waals surface area (Å²) >= 11 is 0. The number of piperazine rings is 1. The molecular weight excluding hydrogens is 309 g/mol. The van der Waals surface area contributed by atoms with Gasteiger partial charge in [0.1, 0.15) is 5.82 Å². The number of nitrogens with one attached hydrogen (secondary N) is 1. The molecule has 1 aliphatic heterocycles. The van der Waals surface area contributed by atoms with Crippen molar-refractivity contribution in [3.63, 3.8) is 0 Å². The van der Waals surface area contributed by atoms with Crippen LogP contribution in [0.15, 0.2) is 36.5 Å². The number of rotatable bonds is 3. The molecule has 0 unspecified atom stereocenters. The summed E-state index contributed by atoms with van der Waals surface area (Å²) in [5.74, 6) is 0.670. The fraction of sp³-hybridized carbons (Fsp3) is 0.294. The van der Waals surface area contributed by atoms with Crippen LogP contribution in [0.2, 0.25) is 0 Å². The zero-order valence-electron chi connectivity index (χ0n) is 13.4. The highest BCUT2D eigenvalue weighted by molar-refractivity contribution is 5.66. The van der Waals surface area contributed by atoms with E-state index in [-0.39, 0.29) is 5.75 Å². The van der Waals surface area contributed by atoms with Gasteiger partial charge in [0.05, 0.1) is 19.0 Å². The van der Waals surface area contributed by atoms with Crippen LogP contribution >= 0.6 is 0 Å². The van der Waals surface area contributed by atoms with E-state index < -0.39 is 5.82 Å². The lowest BCUT2D eigenvalue weighted by molar-refractivity contribution is 0.387. The third-order valence-electron chi connectivity index (χ3n) is 4.25. The molecule has 3 aromatic rings. The van der Waals surface area contributed by atoms with Gasteiger partial charge in [-0.15, -0.1) is 5.10 Å². The molecule has 7 heteroatoms. The number of anilines is 1. The zero-order valence-corrected chi connectivity index (χ0v) is 13.4. The third kappa shape index (κ3) is 2.46. The second-order valence-electron chi connectivity index (χ2n) is 5.66. The highest BCUT2D eigenvalue weighted by Gasteiger charge is 2.17. The molecule has 0 bridgehead atoms. The molecular formula is C17H18FN5O. The Morgan fingerprint density at radius 2 is 2.00 bits per heavy atom. The number of benzene rings is 1. The Hall–Kier alpha value is -2.67. The highest BCUT2D eigenvalue weighted by atomic mass is 19.1. The van der Waals surface area contributed by atoms with Crippen LogP contribution < -0.4 is 15.0 Å². The van der Waals surface area contributed by atoms with Gasteiger partial charge in [-0.05, 0) is 24.3 Å². The number of methoxy groups -OCH3 is 1. The quantitative estimate of drug-likeness (QED) is 0.797. The summed E-state index contributed by atoms with van der Waals surface area (Å²) < 4.78 is 21.4. The smallest absolute Gasteiger partial charge is 0.174 e. The van der Waals surface area contributed by atoms with Crippen LogP contribution in [0.25, 0.3) is 16.9 Å². The first-order chi connectivity index (χ1) is 11.8. The Labute approximate surface area is 138 Å². The maximum atomic E-state index is 14.6. The van der Waals surface area contributed by atoms with E-state index in [1.807, 2.05) is 12.1 Å². The van der Waals surface area contributed by atoms with Crippen molar-refractivity contribution in [3.8, 4) is 17.0 Å². The lowest BCUT2D eigenvalue weighted by atomic mass is 10.1. The molecule has 6 nitrogen and oxygen atoms in total. The maximum Gasteiger partial charge on any atom is 0.174 e. The first kappa shape index (κ1) is 14.9. The zero-order chi connectivity index (χ0) is 16.5. The van der Waals surface area contributed by atoms with Crippen LogP contribution in [0.3, 0.4) is 0 Å². The van der Waals surface area contributed by atoms with E-state index in [0.717, 1.165) is 32.0 Å². The van der Waals surface area contributed by atoms with Crippen molar-refractivity contribution in [2.24, 2.45) is 0 Å². The summed E-state index contributed by atoms with van der Waals surface area (Å²) in [5.41, 5.74) is 1.72. The standard InChI is InChI=1S/C17H18FN5O/c1-24-14-4-2-3-12(17(14)18)13-11-20-15-5-6-16(21-23(13)15)22-9-7-19-8-10-22/h2-6,11,19H,7-10H2,1H3. The lowest BCUT2D eigenvalue weighted by Crippen LogP contribution is -2.44. The largest absolute Gasteiger partial charge is 0.494 e. The molecule has 0 radical (unpaired) electrons. The summed E-state index contributed by atoms with van der Waals surface area (Å²) in [6.07, 6.45) is 1.64. The Bertz CT molecular complexity index is 873. The molecule has 1 aliphatic rings. The van der Waals surface area contributed by atoms with Crippen LogP contribution in [0, 0.1) is 5.82 Å². The Morgan fingerprint density at radius 3 is 2.79 bits per heavy atom. The monoisotopic (exact) mass is 327 g/mol. The number of hydrogen-bond acceptors (Lipinski definition) is 5. The molecule has 1 N–H and O–H groups in total. The molecule has 3 heterocycles.